The Morgan fingerprint density at radius 3 is 3.21 bits per heavy atom. The highest BCUT2D eigenvalue weighted by Gasteiger charge is 2.46. The van der Waals surface area contributed by atoms with E-state index in [9.17, 15) is 5.11 Å². The average molecular weight is 283 g/mol. The van der Waals surface area contributed by atoms with Crippen molar-refractivity contribution in [3.8, 4) is 0 Å². The molecular weight excluding hydrogens is 264 g/mol. The van der Waals surface area contributed by atoms with Crippen molar-refractivity contribution in [2.75, 3.05) is 31.3 Å². The average Bonchev–Trinajstić information content (AvgIpc) is 2.47. The Balaban J connectivity index is 2.09. The van der Waals surface area contributed by atoms with Gasteiger partial charge in [-0.1, -0.05) is 18.5 Å². The quantitative estimate of drug-likeness (QED) is 0.900. The lowest BCUT2D eigenvalue weighted by atomic mass is 9.71. The second kappa shape index (κ2) is 4.93. The lowest BCUT2D eigenvalue weighted by Gasteiger charge is -2.52. The number of fused-ring (bicyclic) bond motifs is 3. The first-order valence-corrected chi connectivity index (χ1v) is 7.17. The molecule has 0 aliphatic carbocycles. The van der Waals surface area contributed by atoms with E-state index in [-0.39, 0.29) is 18.1 Å². The van der Waals surface area contributed by atoms with Crippen LogP contribution < -0.4 is 4.90 Å². The number of nitrogens with zero attached hydrogens (tertiary/aromatic N) is 2. The Bertz CT molecular complexity index is 477. The maximum atomic E-state index is 9.92. The minimum atomic E-state index is -0.158. The van der Waals surface area contributed by atoms with Crippen molar-refractivity contribution in [3.05, 3.63) is 23.0 Å². The van der Waals surface area contributed by atoms with Crippen LogP contribution in [0.1, 0.15) is 19.0 Å². The van der Waals surface area contributed by atoms with Gasteiger partial charge in [0.1, 0.15) is 0 Å². The number of hydrogen-bond acceptors (Lipinski definition) is 4. The van der Waals surface area contributed by atoms with Crippen LogP contribution in [0.25, 0.3) is 0 Å². The van der Waals surface area contributed by atoms with Gasteiger partial charge in [-0.3, -0.25) is 4.98 Å². The monoisotopic (exact) mass is 282 g/mol. The molecule has 4 nitrogen and oxygen atoms in total. The van der Waals surface area contributed by atoms with Gasteiger partial charge in [-0.2, -0.15) is 0 Å². The van der Waals surface area contributed by atoms with Gasteiger partial charge >= 0.3 is 0 Å². The summed E-state index contributed by atoms with van der Waals surface area (Å²) in [6.45, 7) is 4.51. The second-order valence-corrected chi connectivity index (χ2v) is 5.89. The minimum Gasteiger partial charge on any atom is -0.396 e. The standard InChI is InChI=1S/C14H19ClN2O2/c1-2-14(9-18)6-11-12(5-10(15)7-16-11)17-3-4-19-8-13(14)17/h5,7,13,18H,2-4,6,8-9H2,1H3. The number of aliphatic hydroxyl groups is 1. The summed E-state index contributed by atoms with van der Waals surface area (Å²) < 4.78 is 5.64. The Hall–Kier alpha value is -0.840. The van der Waals surface area contributed by atoms with Crippen LogP contribution in [0, 0.1) is 5.41 Å². The van der Waals surface area contributed by atoms with Gasteiger partial charge in [-0.15, -0.1) is 0 Å². The van der Waals surface area contributed by atoms with Gasteiger partial charge in [-0.05, 0) is 12.5 Å². The summed E-state index contributed by atoms with van der Waals surface area (Å²) in [5.41, 5.74) is 1.99. The number of aliphatic hydroxyl groups excluding tert-OH is 1. The maximum absolute atomic E-state index is 9.92. The number of halogens is 1. The molecule has 1 aromatic rings. The maximum Gasteiger partial charge on any atom is 0.0677 e. The summed E-state index contributed by atoms with van der Waals surface area (Å²) in [6.07, 6.45) is 3.40. The number of morpholine rings is 1. The van der Waals surface area contributed by atoms with E-state index in [1.54, 1.807) is 6.20 Å². The van der Waals surface area contributed by atoms with Crippen molar-refractivity contribution in [2.24, 2.45) is 5.41 Å². The van der Waals surface area contributed by atoms with Gasteiger partial charge < -0.3 is 14.7 Å². The first kappa shape index (κ1) is 13.2. The van der Waals surface area contributed by atoms with Crippen molar-refractivity contribution in [2.45, 2.75) is 25.8 Å². The molecule has 19 heavy (non-hydrogen) atoms. The molecule has 104 valence electrons. The summed E-state index contributed by atoms with van der Waals surface area (Å²) in [5.74, 6) is 0. The molecule has 2 atom stereocenters. The van der Waals surface area contributed by atoms with Gasteiger partial charge in [0, 0.05) is 24.6 Å². The van der Waals surface area contributed by atoms with E-state index < -0.39 is 0 Å². The molecule has 0 amide bonds. The lowest BCUT2D eigenvalue weighted by Crippen LogP contribution is -2.60. The van der Waals surface area contributed by atoms with Gasteiger partial charge in [0.15, 0.2) is 0 Å². The molecule has 0 aromatic carbocycles. The summed E-state index contributed by atoms with van der Waals surface area (Å²) in [7, 11) is 0. The summed E-state index contributed by atoms with van der Waals surface area (Å²) >= 11 is 6.08. The minimum absolute atomic E-state index is 0.158. The van der Waals surface area contributed by atoms with Crippen LogP contribution in [0.2, 0.25) is 5.02 Å². The van der Waals surface area contributed by atoms with Gasteiger partial charge in [0.2, 0.25) is 0 Å². The van der Waals surface area contributed by atoms with E-state index in [1.165, 1.54) is 0 Å². The van der Waals surface area contributed by atoms with Crippen LogP contribution in [-0.4, -0.2) is 42.5 Å². The van der Waals surface area contributed by atoms with Crippen molar-refractivity contribution in [3.63, 3.8) is 0 Å². The second-order valence-electron chi connectivity index (χ2n) is 5.45. The Kier molecular flexibility index (Phi) is 3.41. The molecule has 3 rings (SSSR count). The first-order chi connectivity index (χ1) is 9.20. The predicted molar refractivity (Wildman–Crippen MR) is 74.7 cm³/mol. The number of ether oxygens (including phenoxy) is 1. The summed E-state index contributed by atoms with van der Waals surface area (Å²) in [6, 6.07) is 2.20. The third kappa shape index (κ3) is 2.02. The largest absolute Gasteiger partial charge is 0.396 e. The van der Waals surface area contributed by atoms with Crippen molar-refractivity contribution in [1.82, 2.24) is 4.98 Å². The molecule has 2 aliphatic heterocycles. The molecule has 5 heteroatoms. The molecule has 0 spiro atoms. The fourth-order valence-electron chi connectivity index (χ4n) is 3.33. The molecular formula is C14H19ClN2O2. The van der Waals surface area contributed by atoms with Crippen LogP contribution in [0.4, 0.5) is 5.69 Å². The van der Waals surface area contributed by atoms with E-state index in [1.807, 2.05) is 6.07 Å². The SMILES string of the molecule is CCC1(CO)Cc2ncc(Cl)cc2N2CCOCC21. The topological polar surface area (TPSA) is 45.6 Å². The van der Waals surface area contributed by atoms with E-state index in [0.29, 0.717) is 18.2 Å². The van der Waals surface area contributed by atoms with Gasteiger partial charge in [0.25, 0.3) is 0 Å². The summed E-state index contributed by atoms with van der Waals surface area (Å²) in [5, 5.41) is 10.6. The summed E-state index contributed by atoms with van der Waals surface area (Å²) in [4.78, 5) is 6.80. The molecule has 1 aromatic heterocycles. The molecule has 1 saturated heterocycles. The number of aromatic nitrogens is 1. The first-order valence-electron chi connectivity index (χ1n) is 6.80. The highest BCUT2D eigenvalue weighted by Crippen LogP contribution is 2.44. The fraction of sp³-hybridized carbons (Fsp3) is 0.643. The normalized spacial score (nSPS) is 29.8. The third-order valence-electron chi connectivity index (χ3n) is 4.60. The van der Waals surface area contributed by atoms with Crippen LogP contribution in [-0.2, 0) is 11.2 Å². The van der Waals surface area contributed by atoms with Crippen molar-refractivity contribution in [1.29, 1.82) is 0 Å². The van der Waals surface area contributed by atoms with Gasteiger partial charge in [0.05, 0.1) is 42.3 Å². The lowest BCUT2D eigenvalue weighted by molar-refractivity contribution is 0.00316. The Morgan fingerprint density at radius 1 is 1.63 bits per heavy atom. The zero-order chi connectivity index (χ0) is 13.5. The molecule has 1 fully saturated rings. The Morgan fingerprint density at radius 2 is 2.47 bits per heavy atom. The number of anilines is 1. The Labute approximate surface area is 118 Å². The van der Waals surface area contributed by atoms with Gasteiger partial charge in [-0.25, -0.2) is 0 Å². The highest BCUT2D eigenvalue weighted by atomic mass is 35.5. The molecule has 0 radical (unpaired) electrons. The number of rotatable bonds is 2. The number of hydrogen-bond donors (Lipinski definition) is 1. The van der Waals surface area contributed by atoms with Crippen molar-refractivity contribution < 1.29 is 9.84 Å². The molecule has 0 saturated carbocycles. The third-order valence-corrected chi connectivity index (χ3v) is 4.80. The fourth-order valence-corrected chi connectivity index (χ4v) is 3.48. The van der Waals surface area contributed by atoms with Crippen LogP contribution in [0.5, 0.6) is 0 Å². The zero-order valence-electron chi connectivity index (χ0n) is 11.1. The van der Waals surface area contributed by atoms with E-state index in [4.69, 9.17) is 16.3 Å². The van der Waals surface area contributed by atoms with Crippen LogP contribution in [0.3, 0.4) is 0 Å². The molecule has 3 heterocycles. The predicted octanol–water partition coefficient (Wildman–Crippen LogP) is 1.89. The van der Waals surface area contributed by atoms with E-state index in [2.05, 4.69) is 16.8 Å². The van der Waals surface area contributed by atoms with E-state index >= 15 is 0 Å². The highest BCUT2D eigenvalue weighted by molar-refractivity contribution is 6.30. The molecule has 2 unspecified atom stereocenters. The number of pyridine rings is 1. The molecule has 0 bridgehead atoms. The van der Waals surface area contributed by atoms with Crippen molar-refractivity contribution >= 4 is 17.3 Å². The van der Waals surface area contributed by atoms with Crippen LogP contribution in [0.15, 0.2) is 12.3 Å². The zero-order valence-corrected chi connectivity index (χ0v) is 11.9. The van der Waals surface area contributed by atoms with E-state index in [0.717, 1.165) is 30.8 Å². The molecule has 2 aliphatic rings. The molecule has 1 N–H and O–H groups in total. The smallest absolute Gasteiger partial charge is 0.0677 e. The van der Waals surface area contributed by atoms with Crippen LogP contribution >= 0.6 is 11.6 Å².